The first kappa shape index (κ1) is 20.3. The van der Waals surface area contributed by atoms with Crippen LogP contribution in [0.2, 0.25) is 0 Å². The van der Waals surface area contributed by atoms with E-state index in [2.05, 4.69) is 21.5 Å². The third kappa shape index (κ3) is 3.92. The molecule has 7 nitrogen and oxygen atoms in total. The van der Waals surface area contributed by atoms with Crippen LogP contribution in [0, 0.1) is 30.6 Å². The highest BCUT2D eigenvalue weighted by Crippen LogP contribution is 2.38. The van der Waals surface area contributed by atoms with Crippen LogP contribution in [-0.4, -0.2) is 40.5 Å². The maximum absolute atomic E-state index is 12.6. The van der Waals surface area contributed by atoms with Gasteiger partial charge in [0.25, 0.3) is 5.91 Å². The lowest BCUT2D eigenvalue weighted by Gasteiger charge is -2.32. The lowest BCUT2D eigenvalue weighted by molar-refractivity contribution is 0.101. The summed E-state index contributed by atoms with van der Waals surface area (Å²) in [4.78, 5) is 19.1. The Morgan fingerprint density at radius 3 is 2.62 bits per heavy atom. The van der Waals surface area contributed by atoms with Crippen molar-refractivity contribution in [1.29, 1.82) is 5.26 Å². The average Bonchev–Trinajstić information content (AvgIpc) is 3.01. The number of nitriles is 1. The number of aryl methyl sites for hydroxylation is 3. The Morgan fingerprint density at radius 2 is 2.03 bits per heavy atom. The molecule has 150 valence electrons. The fourth-order valence-corrected chi connectivity index (χ4v) is 3.71. The molecule has 1 atom stereocenters. The van der Waals surface area contributed by atoms with E-state index >= 15 is 0 Å². The summed E-state index contributed by atoms with van der Waals surface area (Å²) in [5, 5.41) is 16.9. The van der Waals surface area contributed by atoms with Gasteiger partial charge in [0.1, 0.15) is 16.9 Å². The van der Waals surface area contributed by atoms with E-state index in [1.54, 1.807) is 17.8 Å². The number of benzene rings is 1. The summed E-state index contributed by atoms with van der Waals surface area (Å²) in [6.07, 6.45) is 2.38. The van der Waals surface area contributed by atoms with E-state index in [-0.39, 0.29) is 5.91 Å². The number of amidine groups is 1. The summed E-state index contributed by atoms with van der Waals surface area (Å²) in [5.41, 5.74) is 4.30. The van der Waals surface area contributed by atoms with Gasteiger partial charge in [-0.15, -0.1) is 0 Å². The minimum absolute atomic E-state index is 0.213. The number of carbonyl (C=O) groups is 1. The van der Waals surface area contributed by atoms with Crippen LogP contribution < -0.4 is 5.32 Å². The van der Waals surface area contributed by atoms with Crippen molar-refractivity contribution in [1.82, 2.24) is 14.7 Å². The number of hydrogen-bond acceptors (Lipinski definition) is 5. The molecule has 0 saturated heterocycles. The van der Waals surface area contributed by atoms with Crippen molar-refractivity contribution in [3.63, 3.8) is 0 Å². The number of carbonyl (C=O) groups excluding carboxylic acids is 1. The Balaban J connectivity index is 1.93. The van der Waals surface area contributed by atoms with Gasteiger partial charge in [-0.3, -0.25) is 9.48 Å². The second-order valence-electron chi connectivity index (χ2n) is 7.90. The molecule has 1 aliphatic rings. The number of amides is 1. The van der Waals surface area contributed by atoms with Gasteiger partial charge in [-0.25, -0.2) is 4.99 Å². The number of aliphatic imine (C=N–C) groups is 1. The SMILES string of the molecule is Cc1cc(C(=O)Nc2ccc(C)c(C3=CN=C(N(C)C)C(C)(C#N)C3)c2)n(C)n1. The molecule has 1 amide bonds. The zero-order valence-corrected chi connectivity index (χ0v) is 17.7. The summed E-state index contributed by atoms with van der Waals surface area (Å²) in [7, 11) is 5.54. The van der Waals surface area contributed by atoms with Crippen LogP contribution in [0.4, 0.5) is 5.69 Å². The second kappa shape index (κ2) is 7.55. The predicted molar refractivity (Wildman–Crippen MR) is 115 cm³/mol. The van der Waals surface area contributed by atoms with Crippen molar-refractivity contribution in [2.24, 2.45) is 17.5 Å². The van der Waals surface area contributed by atoms with Gasteiger partial charge in [-0.2, -0.15) is 10.4 Å². The van der Waals surface area contributed by atoms with E-state index < -0.39 is 5.41 Å². The van der Waals surface area contributed by atoms with Gasteiger partial charge >= 0.3 is 0 Å². The number of nitrogens with zero attached hydrogens (tertiary/aromatic N) is 5. The minimum Gasteiger partial charge on any atom is -0.365 e. The van der Waals surface area contributed by atoms with Gasteiger partial charge in [0.15, 0.2) is 0 Å². The highest BCUT2D eigenvalue weighted by Gasteiger charge is 2.36. The number of allylic oxidation sites excluding steroid dienone is 1. The van der Waals surface area contributed by atoms with Gasteiger partial charge in [0.05, 0.1) is 11.8 Å². The number of aromatic nitrogens is 2. The molecule has 0 bridgehead atoms. The fourth-order valence-electron chi connectivity index (χ4n) is 3.71. The molecule has 29 heavy (non-hydrogen) atoms. The van der Waals surface area contributed by atoms with Gasteiger partial charge in [0, 0.05) is 39.5 Å². The standard InChI is InChI=1S/C22H26N6O/c1-14-7-8-17(25-20(29)19-9-15(2)26-28(19)6)10-18(14)16-11-22(3,13-23)21(24-12-16)27(4)5/h7-10,12H,11H2,1-6H3,(H,25,29). The van der Waals surface area contributed by atoms with Crippen molar-refractivity contribution in [3.8, 4) is 6.07 Å². The van der Waals surface area contributed by atoms with Crippen LogP contribution in [0.3, 0.4) is 0 Å². The molecule has 2 aromatic rings. The van der Waals surface area contributed by atoms with Crippen molar-refractivity contribution in [2.75, 3.05) is 19.4 Å². The fraction of sp³-hybridized carbons (Fsp3) is 0.364. The van der Waals surface area contributed by atoms with Crippen LogP contribution in [0.15, 0.2) is 35.5 Å². The van der Waals surface area contributed by atoms with Crippen LogP contribution in [0.1, 0.15) is 40.7 Å². The quantitative estimate of drug-likeness (QED) is 0.869. The first-order valence-corrected chi connectivity index (χ1v) is 9.43. The molecule has 2 heterocycles. The maximum Gasteiger partial charge on any atom is 0.273 e. The Morgan fingerprint density at radius 1 is 1.31 bits per heavy atom. The highest BCUT2D eigenvalue weighted by atomic mass is 16.2. The molecule has 1 N–H and O–H groups in total. The molecular weight excluding hydrogens is 364 g/mol. The molecular formula is C22H26N6O. The first-order valence-electron chi connectivity index (χ1n) is 9.43. The second-order valence-corrected chi connectivity index (χ2v) is 7.90. The molecule has 0 saturated carbocycles. The summed E-state index contributed by atoms with van der Waals surface area (Å²) in [6, 6.07) is 9.95. The summed E-state index contributed by atoms with van der Waals surface area (Å²) < 4.78 is 1.57. The zero-order valence-electron chi connectivity index (χ0n) is 17.7. The topological polar surface area (TPSA) is 86.3 Å². The van der Waals surface area contributed by atoms with E-state index in [4.69, 9.17) is 0 Å². The predicted octanol–water partition coefficient (Wildman–Crippen LogP) is 3.52. The largest absolute Gasteiger partial charge is 0.365 e. The molecule has 1 aliphatic heterocycles. The van der Waals surface area contributed by atoms with Crippen molar-refractivity contribution >= 4 is 23.0 Å². The van der Waals surface area contributed by atoms with Gasteiger partial charge in [-0.05, 0) is 55.7 Å². The third-order valence-corrected chi connectivity index (χ3v) is 5.13. The first-order chi connectivity index (χ1) is 13.6. The van der Waals surface area contributed by atoms with Crippen LogP contribution >= 0.6 is 0 Å². The number of anilines is 1. The van der Waals surface area contributed by atoms with Crippen LogP contribution in [0.5, 0.6) is 0 Å². The van der Waals surface area contributed by atoms with Gasteiger partial charge in [0.2, 0.25) is 0 Å². The smallest absolute Gasteiger partial charge is 0.273 e. The summed E-state index contributed by atoms with van der Waals surface area (Å²) in [5.74, 6) is 0.535. The minimum atomic E-state index is -0.703. The van der Waals surface area contributed by atoms with Crippen LogP contribution in [0.25, 0.3) is 5.57 Å². The van der Waals surface area contributed by atoms with E-state index in [0.717, 1.165) is 28.2 Å². The van der Waals surface area contributed by atoms with E-state index in [9.17, 15) is 10.1 Å². The highest BCUT2D eigenvalue weighted by molar-refractivity contribution is 6.03. The number of hydrogen-bond donors (Lipinski definition) is 1. The van der Waals surface area contributed by atoms with Crippen molar-refractivity contribution < 1.29 is 4.79 Å². The Labute approximate surface area is 171 Å². The maximum atomic E-state index is 12.6. The normalized spacial score (nSPS) is 18.5. The zero-order chi connectivity index (χ0) is 21.3. The molecule has 0 aliphatic carbocycles. The molecule has 1 aromatic carbocycles. The molecule has 1 aromatic heterocycles. The van der Waals surface area contributed by atoms with Gasteiger partial charge in [-0.1, -0.05) is 6.07 Å². The number of rotatable bonds is 3. The molecule has 3 rings (SSSR count). The summed E-state index contributed by atoms with van der Waals surface area (Å²) in [6.45, 7) is 5.77. The Kier molecular flexibility index (Phi) is 5.29. The lowest BCUT2D eigenvalue weighted by atomic mass is 9.79. The molecule has 0 fully saturated rings. The number of nitrogens with one attached hydrogen (secondary N) is 1. The monoisotopic (exact) mass is 390 g/mol. The van der Waals surface area contributed by atoms with Crippen molar-refractivity contribution in [3.05, 3.63) is 53.0 Å². The van der Waals surface area contributed by atoms with E-state index in [0.29, 0.717) is 17.8 Å². The molecule has 1 unspecified atom stereocenters. The Hall–Kier alpha value is -3.40. The third-order valence-electron chi connectivity index (χ3n) is 5.13. The average molecular weight is 390 g/mol. The summed E-state index contributed by atoms with van der Waals surface area (Å²) >= 11 is 0. The molecule has 0 radical (unpaired) electrons. The van der Waals surface area contributed by atoms with Crippen LogP contribution in [-0.2, 0) is 7.05 Å². The van der Waals surface area contributed by atoms with Gasteiger partial charge < -0.3 is 10.2 Å². The Bertz CT molecular complexity index is 1070. The van der Waals surface area contributed by atoms with E-state index in [1.807, 2.05) is 64.2 Å². The lowest BCUT2D eigenvalue weighted by Crippen LogP contribution is -2.38. The molecule has 0 spiro atoms. The van der Waals surface area contributed by atoms with E-state index in [1.165, 1.54) is 0 Å². The van der Waals surface area contributed by atoms with Crippen molar-refractivity contribution in [2.45, 2.75) is 27.2 Å². The molecule has 7 heteroatoms.